The van der Waals surface area contributed by atoms with Crippen molar-refractivity contribution in [3.05, 3.63) is 11.4 Å². The molecule has 1 aliphatic carbocycles. The van der Waals surface area contributed by atoms with E-state index in [1.165, 1.54) is 0 Å². The van der Waals surface area contributed by atoms with E-state index < -0.39 is 35.8 Å². The number of alkyl halides is 6. The molecule has 0 fully saturated rings. The smallest absolute Gasteiger partial charge is 0.382 e. The lowest BCUT2D eigenvalue weighted by Gasteiger charge is -2.24. The summed E-state index contributed by atoms with van der Waals surface area (Å²) in [6, 6.07) is 0. The maximum atomic E-state index is 12.4. The predicted octanol–water partition coefficient (Wildman–Crippen LogP) is 2.12. The average Bonchev–Trinajstić information content (AvgIpc) is 2.10. The number of aliphatic hydroxyl groups excluding tert-OH is 1. The van der Waals surface area contributed by atoms with E-state index >= 15 is 0 Å². The third-order valence-corrected chi connectivity index (χ3v) is 1.87. The van der Waals surface area contributed by atoms with Crippen LogP contribution < -0.4 is 0 Å². The second-order valence-corrected chi connectivity index (χ2v) is 2.67. The number of hydrogen-bond donors (Lipinski definition) is 1. The van der Waals surface area contributed by atoms with Gasteiger partial charge >= 0.3 is 17.8 Å². The minimum absolute atomic E-state index is 1.88. The fourth-order valence-electron chi connectivity index (χ4n) is 1.02. The fraction of sp³-hybridized carbons (Fsp3) is 0.667. The van der Waals surface area contributed by atoms with Gasteiger partial charge in [0.1, 0.15) is 0 Å². The van der Waals surface area contributed by atoms with Crippen LogP contribution in [0.25, 0.3) is 0 Å². The van der Waals surface area contributed by atoms with Gasteiger partial charge in [0.2, 0.25) is 0 Å². The molecule has 0 saturated heterocycles. The Morgan fingerprint density at radius 1 is 0.929 bits per heavy atom. The highest BCUT2D eigenvalue weighted by atomic mass is 19.3. The zero-order chi connectivity index (χ0) is 11.4. The molecule has 0 spiro atoms. The second kappa shape index (κ2) is 2.62. The Kier molecular flexibility index (Phi) is 2.11. The number of aliphatic hydroxyl groups is 1. The molecule has 8 heteroatoms. The Labute approximate surface area is 72.8 Å². The van der Waals surface area contributed by atoms with Crippen molar-refractivity contribution in [2.75, 3.05) is 6.61 Å². The highest BCUT2D eigenvalue weighted by Crippen LogP contribution is 2.59. The Hall–Kier alpha value is -0.790. The molecule has 1 aliphatic rings. The number of rotatable bonds is 1. The minimum atomic E-state index is -5.85. The van der Waals surface area contributed by atoms with E-state index in [9.17, 15) is 30.7 Å². The van der Waals surface area contributed by atoms with Gasteiger partial charge in [-0.1, -0.05) is 0 Å². The third kappa shape index (κ3) is 0.943. The second-order valence-electron chi connectivity index (χ2n) is 2.67. The number of allylic oxidation sites excluding steroid dienone is 1. The van der Waals surface area contributed by atoms with Gasteiger partial charge in [-0.3, -0.25) is 0 Å². The van der Waals surface area contributed by atoms with E-state index in [4.69, 9.17) is 5.11 Å². The molecule has 0 heterocycles. The molecule has 82 valence electrons. The Balaban J connectivity index is 3.39. The summed E-state index contributed by atoms with van der Waals surface area (Å²) in [5, 5.41) is 8.09. The summed E-state index contributed by atoms with van der Waals surface area (Å²) in [5.41, 5.74) is -2.27. The van der Waals surface area contributed by atoms with Crippen molar-refractivity contribution in [1.29, 1.82) is 0 Å². The van der Waals surface area contributed by atoms with Crippen LogP contribution in [0.3, 0.4) is 0 Å². The van der Waals surface area contributed by atoms with Crippen LogP contribution in [0.15, 0.2) is 11.4 Å². The Bertz CT molecular complexity index is 293. The van der Waals surface area contributed by atoms with Gasteiger partial charge in [-0.05, 0) is 0 Å². The van der Waals surface area contributed by atoms with E-state index in [-0.39, 0.29) is 0 Å². The summed E-state index contributed by atoms with van der Waals surface area (Å²) in [4.78, 5) is 0. The molecule has 0 unspecified atom stereocenters. The number of hydrogen-bond acceptors (Lipinski definition) is 1. The first-order valence-electron chi connectivity index (χ1n) is 3.24. The van der Waals surface area contributed by atoms with Crippen LogP contribution in [0, 0.1) is 0 Å². The molecule has 0 radical (unpaired) electrons. The van der Waals surface area contributed by atoms with Crippen LogP contribution in [-0.4, -0.2) is 29.5 Å². The van der Waals surface area contributed by atoms with Crippen LogP contribution in [-0.2, 0) is 0 Å². The first-order chi connectivity index (χ1) is 6.10. The van der Waals surface area contributed by atoms with Crippen LogP contribution >= 0.6 is 0 Å². The summed E-state index contributed by atoms with van der Waals surface area (Å²) in [7, 11) is 0. The van der Waals surface area contributed by atoms with Gasteiger partial charge in [-0.2, -0.15) is 26.3 Å². The monoisotopic (exact) mass is 224 g/mol. The molecule has 0 atom stereocenters. The summed E-state index contributed by atoms with van der Waals surface area (Å²) >= 11 is 0. The van der Waals surface area contributed by atoms with Gasteiger partial charge in [0.25, 0.3) is 0 Å². The molecule has 0 aromatic rings. The van der Waals surface area contributed by atoms with Gasteiger partial charge < -0.3 is 5.11 Å². The molecule has 0 saturated carbocycles. The molecule has 0 bridgehead atoms. The van der Waals surface area contributed by atoms with Gasteiger partial charge in [-0.25, -0.2) is 4.39 Å². The van der Waals surface area contributed by atoms with Gasteiger partial charge in [-0.15, -0.1) is 0 Å². The highest BCUT2D eigenvalue weighted by molar-refractivity contribution is 5.37. The molecule has 0 amide bonds. The zero-order valence-electron chi connectivity index (χ0n) is 6.30. The molecule has 1 nitrogen and oxygen atoms in total. The number of halogens is 7. The van der Waals surface area contributed by atoms with Crippen molar-refractivity contribution in [2.45, 2.75) is 17.8 Å². The minimum Gasteiger partial charge on any atom is -0.392 e. The maximum Gasteiger partial charge on any atom is 0.382 e. The first kappa shape index (κ1) is 11.3. The highest BCUT2D eigenvalue weighted by Gasteiger charge is 2.80. The molecule has 0 aromatic carbocycles. The van der Waals surface area contributed by atoms with E-state index in [1.807, 2.05) is 0 Å². The standard InChI is InChI=1S/C6H3F7O/c7-3-2(1-14)4(8,9)6(12,13)5(3,10)11/h14H,1H2. The maximum absolute atomic E-state index is 12.4. The fourth-order valence-corrected chi connectivity index (χ4v) is 1.02. The lowest BCUT2D eigenvalue weighted by molar-refractivity contribution is -0.268. The van der Waals surface area contributed by atoms with Gasteiger partial charge in [0.05, 0.1) is 12.2 Å². The summed E-state index contributed by atoms with van der Waals surface area (Å²) in [6.45, 7) is -1.88. The Morgan fingerprint density at radius 3 is 1.50 bits per heavy atom. The van der Waals surface area contributed by atoms with E-state index in [0.717, 1.165) is 0 Å². The van der Waals surface area contributed by atoms with Crippen LogP contribution in [0.5, 0.6) is 0 Å². The van der Waals surface area contributed by atoms with Crippen LogP contribution in [0.2, 0.25) is 0 Å². The molecule has 1 N–H and O–H groups in total. The summed E-state index contributed by atoms with van der Waals surface area (Å²) in [5.74, 6) is -19.7. The van der Waals surface area contributed by atoms with Crippen molar-refractivity contribution < 1.29 is 35.8 Å². The molecule has 0 aromatic heterocycles. The van der Waals surface area contributed by atoms with Crippen LogP contribution in [0.4, 0.5) is 30.7 Å². The topological polar surface area (TPSA) is 20.2 Å². The molecule has 1 rings (SSSR count). The van der Waals surface area contributed by atoms with E-state index in [2.05, 4.69) is 0 Å². The molecule has 14 heavy (non-hydrogen) atoms. The molecule has 0 aliphatic heterocycles. The largest absolute Gasteiger partial charge is 0.392 e. The van der Waals surface area contributed by atoms with Crippen LogP contribution in [0.1, 0.15) is 0 Å². The lowest BCUT2D eigenvalue weighted by Crippen LogP contribution is -2.49. The van der Waals surface area contributed by atoms with Gasteiger partial charge in [0.15, 0.2) is 5.83 Å². The van der Waals surface area contributed by atoms with E-state index in [1.54, 1.807) is 0 Å². The zero-order valence-corrected chi connectivity index (χ0v) is 6.30. The lowest BCUT2D eigenvalue weighted by atomic mass is 10.1. The van der Waals surface area contributed by atoms with Crippen molar-refractivity contribution in [3.8, 4) is 0 Å². The van der Waals surface area contributed by atoms with Crippen molar-refractivity contribution in [3.63, 3.8) is 0 Å². The van der Waals surface area contributed by atoms with Crippen molar-refractivity contribution in [1.82, 2.24) is 0 Å². The van der Waals surface area contributed by atoms with Crippen molar-refractivity contribution >= 4 is 0 Å². The van der Waals surface area contributed by atoms with Crippen molar-refractivity contribution in [2.24, 2.45) is 0 Å². The normalized spacial score (nSPS) is 28.3. The van der Waals surface area contributed by atoms with Gasteiger partial charge in [0, 0.05) is 0 Å². The van der Waals surface area contributed by atoms with E-state index in [0.29, 0.717) is 0 Å². The summed E-state index contributed by atoms with van der Waals surface area (Å²) in [6.07, 6.45) is 0. The molecular weight excluding hydrogens is 221 g/mol. The third-order valence-electron chi connectivity index (χ3n) is 1.87. The molecular formula is C6H3F7O. The average molecular weight is 224 g/mol. The summed E-state index contributed by atoms with van der Waals surface area (Å²) < 4.78 is 86.4. The Morgan fingerprint density at radius 2 is 1.36 bits per heavy atom. The first-order valence-corrected chi connectivity index (χ1v) is 3.24. The quantitative estimate of drug-likeness (QED) is 0.676. The SMILES string of the molecule is OCC1=C(F)C(F)(F)C(F)(F)C1(F)F. The predicted molar refractivity (Wildman–Crippen MR) is 30.1 cm³/mol.